The van der Waals surface area contributed by atoms with Gasteiger partial charge in [-0.25, -0.2) is 0 Å². The highest BCUT2D eigenvalue weighted by Crippen LogP contribution is 2.30. The normalized spacial score (nSPS) is 13.9. The highest BCUT2D eigenvalue weighted by atomic mass is 16.2. The second-order valence-electron chi connectivity index (χ2n) is 7.21. The molecule has 0 aliphatic rings. The van der Waals surface area contributed by atoms with Crippen LogP contribution in [0.1, 0.15) is 47.1 Å². The predicted molar refractivity (Wildman–Crippen MR) is 85.6 cm³/mol. The van der Waals surface area contributed by atoms with Gasteiger partial charge >= 0.3 is 0 Å². The maximum Gasteiger partial charge on any atom is 0.232 e. The van der Waals surface area contributed by atoms with Gasteiger partial charge in [-0.15, -0.1) is 0 Å². The van der Waals surface area contributed by atoms with Crippen LogP contribution < -0.4 is 5.73 Å². The molecule has 0 saturated heterocycles. The number of hydrogen-bond acceptors (Lipinski definition) is 2. The lowest BCUT2D eigenvalue weighted by molar-refractivity contribution is -0.138. The van der Waals surface area contributed by atoms with Crippen LogP contribution in [0.2, 0.25) is 0 Å². The van der Waals surface area contributed by atoms with Crippen molar-refractivity contribution in [2.24, 2.45) is 5.41 Å². The Morgan fingerprint density at radius 3 is 1.95 bits per heavy atom. The minimum absolute atomic E-state index is 0.0571. The molecule has 0 heterocycles. The number of amides is 1. The highest BCUT2D eigenvalue weighted by molar-refractivity contribution is 5.87. The average Bonchev–Trinajstić information content (AvgIpc) is 2.35. The van der Waals surface area contributed by atoms with Crippen molar-refractivity contribution in [3.8, 4) is 0 Å². The monoisotopic (exact) mass is 276 g/mol. The Kier molecular flexibility index (Phi) is 4.52. The molecule has 0 spiro atoms. The largest absolute Gasteiger partial charge is 0.399 e. The Balaban J connectivity index is 3.03. The van der Waals surface area contributed by atoms with E-state index in [4.69, 9.17) is 5.73 Å². The van der Waals surface area contributed by atoms with Crippen LogP contribution in [0, 0.1) is 5.41 Å². The zero-order valence-corrected chi connectivity index (χ0v) is 13.8. The summed E-state index contributed by atoms with van der Waals surface area (Å²) in [6.07, 6.45) is 0. The number of carbonyl (C=O) groups excluding carboxylic acids is 1. The molecule has 1 atom stereocenters. The van der Waals surface area contributed by atoms with Crippen LogP contribution in [0.15, 0.2) is 24.3 Å². The summed E-state index contributed by atoms with van der Waals surface area (Å²) >= 11 is 0. The van der Waals surface area contributed by atoms with E-state index >= 15 is 0 Å². The number of carbonyl (C=O) groups is 1. The Bertz CT molecular complexity index is 469. The summed E-state index contributed by atoms with van der Waals surface area (Å²) in [6.45, 7) is 12.5. The van der Waals surface area contributed by atoms with Crippen LogP contribution in [0.3, 0.4) is 0 Å². The lowest BCUT2D eigenvalue weighted by Crippen LogP contribution is -2.49. The van der Waals surface area contributed by atoms with Gasteiger partial charge in [-0.3, -0.25) is 4.79 Å². The van der Waals surface area contributed by atoms with Crippen molar-refractivity contribution in [2.75, 3.05) is 12.8 Å². The number of rotatable bonds is 3. The van der Waals surface area contributed by atoms with Crippen LogP contribution in [0.25, 0.3) is 0 Å². The van der Waals surface area contributed by atoms with Crippen molar-refractivity contribution < 1.29 is 4.79 Å². The van der Waals surface area contributed by atoms with Crippen molar-refractivity contribution in [1.82, 2.24) is 4.90 Å². The minimum atomic E-state index is -0.554. The van der Waals surface area contributed by atoms with E-state index in [2.05, 4.69) is 27.7 Å². The van der Waals surface area contributed by atoms with Crippen LogP contribution in [0.5, 0.6) is 0 Å². The molecule has 0 saturated carbocycles. The summed E-state index contributed by atoms with van der Waals surface area (Å²) in [6, 6.07) is 7.73. The standard InChI is InChI=1S/C17H28N2O/c1-12(16(2,3)4)19(7)15(20)17(5,6)13-8-10-14(18)11-9-13/h8-12H,18H2,1-7H3. The lowest BCUT2D eigenvalue weighted by atomic mass is 9.81. The van der Waals surface area contributed by atoms with Crippen molar-refractivity contribution in [3.63, 3.8) is 0 Å². The zero-order valence-electron chi connectivity index (χ0n) is 13.8. The molecule has 1 amide bonds. The van der Waals surface area contributed by atoms with E-state index in [-0.39, 0.29) is 17.4 Å². The second-order valence-corrected chi connectivity index (χ2v) is 7.21. The van der Waals surface area contributed by atoms with Gasteiger partial charge in [0.05, 0.1) is 5.41 Å². The molecule has 3 nitrogen and oxygen atoms in total. The number of hydrogen-bond donors (Lipinski definition) is 1. The van der Waals surface area contributed by atoms with E-state index in [9.17, 15) is 4.79 Å². The summed E-state index contributed by atoms with van der Waals surface area (Å²) in [5.41, 5.74) is 6.93. The first-order valence-corrected chi connectivity index (χ1v) is 7.11. The third-order valence-corrected chi connectivity index (χ3v) is 4.32. The Labute approximate surface area is 123 Å². The first-order valence-electron chi connectivity index (χ1n) is 7.11. The number of anilines is 1. The van der Waals surface area contributed by atoms with E-state index in [1.165, 1.54) is 0 Å². The summed E-state index contributed by atoms with van der Waals surface area (Å²) in [4.78, 5) is 14.7. The van der Waals surface area contributed by atoms with Crippen molar-refractivity contribution in [3.05, 3.63) is 29.8 Å². The fraction of sp³-hybridized carbons (Fsp3) is 0.588. The molecule has 0 aliphatic carbocycles. The van der Waals surface area contributed by atoms with Crippen LogP contribution >= 0.6 is 0 Å². The predicted octanol–water partition coefficient (Wildman–Crippen LogP) is 3.44. The van der Waals surface area contributed by atoms with Gasteiger partial charge in [0.2, 0.25) is 5.91 Å². The molecule has 0 aromatic heterocycles. The molecule has 0 fully saturated rings. The lowest BCUT2D eigenvalue weighted by Gasteiger charge is -2.39. The molecule has 112 valence electrons. The molecule has 1 unspecified atom stereocenters. The van der Waals surface area contributed by atoms with Crippen LogP contribution in [0.4, 0.5) is 5.69 Å². The van der Waals surface area contributed by atoms with E-state index in [0.717, 1.165) is 5.56 Å². The van der Waals surface area contributed by atoms with Crippen molar-refractivity contribution in [2.45, 2.75) is 53.0 Å². The molecule has 3 heteroatoms. The number of nitrogens with two attached hydrogens (primary N) is 1. The van der Waals surface area contributed by atoms with Gasteiger partial charge in [0, 0.05) is 18.8 Å². The molecule has 1 rings (SSSR count). The van der Waals surface area contributed by atoms with Crippen molar-refractivity contribution in [1.29, 1.82) is 0 Å². The van der Waals surface area contributed by atoms with Gasteiger partial charge in [0.1, 0.15) is 0 Å². The first-order chi connectivity index (χ1) is 8.98. The fourth-order valence-corrected chi connectivity index (χ4v) is 2.22. The molecule has 20 heavy (non-hydrogen) atoms. The Morgan fingerprint density at radius 1 is 1.10 bits per heavy atom. The van der Waals surface area contributed by atoms with E-state index in [1.807, 2.05) is 50.1 Å². The average molecular weight is 276 g/mol. The summed E-state index contributed by atoms with van der Waals surface area (Å²) in [5, 5.41) is 0. The highest BCUT2D eigenvalue weighted by Gasteiger charge is 2.36. The second kappa shape index (κ2) is 5.47. The third kappa shape index (κ3) is 3.33. The molecular formula is C17H28N2O. The Hall–Kier alpha value is -1.51. The first kappa shape index (κ1) is 16.5. The quantitative estimate of drug-likeness (QED) is 0.860. The van der Waals surface area contributed by atoms with Gasteiger partial charge in [-0.1, -0.05) is 32.9 Å². The van der Waals surface area contributed by atoms with E-state index in [0.29, 0.717) is 5.69 Å². The van der Waals surface area contributed by atoms with Gasteiger partial charge in [-0.05, 0) is 43.9 Å². The number of nitrogens with zero attached hydrogens (tertiary/aromatic N) is 1. The molecule has 0 bridgehead atoms. The molecule has 1 aromatic rings. The summed E-state index contributed by atoms with van der Waals surface area (Å²) in [5.74, 6) is 0.129. The molecule has 0 radical (unpaired) electrons. The number of benzene rings is 1. The number of nitrogen functional groups attached to an aromatic ring is 1. The van der Waals surface area contributed by atoms with Gasteiger partial charge in [0.25, 0.3) is 0 Å². The van der Waals surface area contributed by atoms with Crippen LogP contribution in [-0.4, -0.2) is 23.9 Å². The zero-order chi connectivity index (χ0) is 15.7. The fourth-order valence-electron chi connectivity index (χ4n) is 2.22. The van der Waals surface area contributed by atoms with E-state index < -0.39 is 5.41 Å². The molecule has 2 N–H and O–H groups in total. The van der Waals surface area contributed by atoms with Gasteiger partial charge in [0.15, 0.2) is 0 Å². The molecule has 1 aromatic carbocycles. The Morgan fingerprint density at radius 2 is 1.55 bits per heavy atom. The van der Waals surface area contributed by atoms with Crippen LogP contribution in [-0.2, 0) is 10.2 Å². The van der Waals surface area contributed by atoms with Gasteiger partial charge in [-0.2, -0.15) is 0 Å². The van der Waals surface area contributed by atoms with E-state index in [1.54, 1.807) is 0 Å². The molecular weight excluding hydrogens is 248 g/mol. The minimum Gasteiger partial charge on any atom is -0.399 e. The topological polar surface area (TPSA) is 46.3 Å². The maximum atomic E-state index is 12.8. The smallest absolute Gasteiger partial charge is 0.232 e. The third-order valence-electron chi connectivity index (χ3n) is 4.32. The number of likely N-dealkylation sites (N-methyl/N-ethyl adjacent to an activating group) is 1. The summed E-state index contributed by atoms with van der Waals surface area (Å²) in [7, 11) is 1.89. The maximum absolute atomic E-state index is 12.8. The van der Waals surface area contributed by atoms with Gasteiger partial charge < -0.3 is 10.6 Å². The van der Waals surface area contributed by atoms with Crippen molar-refractivity contribution >= 4 is 11.6 Å². The molecule has 0 aliphatic heterocycles. The summed E-state index contributed by atoms with van der Waals surface area (Å²) < 4.78 is 0. The SMILES string of the molecule is CC(N(C)C(=O)C(C)(C)c1ccc(N)cc1)C(C)(C)C.